The van der Waals surface area contributed by atoms with Crippen LogP contribution in [0.25, 0.3) is 0 Å². The minimum absolute atomic E-state index is 0.191. The van der Waals surface area contributed by atoms with Gasteiger partial charge in [-0.1, -0.05) is 18.2 Å². The number of methoxy groups -OCH3 is 1. The van der Waals surface area contributed by atoms with Crippen LogP contribution in [0.15, 0.2) is 24.3 Å². The van der Waals surface area contributed by atoms with Crippen LogP contribution in [-0.2, 0) is 9.53 Å². The number of hydrogen-bond acceptors (Lipinski definition) is 4. The van der Waals surface area contributed by atoms with Crippen molar-refractivity contribution in [3.63, 3.8) is 0 Å². The van der Waals surface area contributed by atoms with Crippen LogP contribution in [-0.4, -0.2) is 38.2 Å². The molecule has 0 fully saturated rings. The van der Waals surface area contributed by atoms with Crippen LogP contribution in [0.4, 0.5) is 5.69 Å². The lowest BCUT2D eigenvalue weighted by atomic mass is 9.99. The molecule has 0 aliphatic rings. The predicted octanol–water partition coefficient (Wildman–Crippen LogP) is 2.28. The summed E-state index contributed by atoms with van der Waals surface area (Å²) < 4.78 is 4.80. The Hall–Kier alpha value is -1.55. The molecule has 18 heavy (non-hydrogen) atoms. The van der Waals surface area contributed by atoms with Gasteiger partial charge in [0.25, 0.3) is 0 Å². The van der Waals surface area contributed by atoms with E-state index in [1.165, 1.54) is 7.11 Å². The average molecular weight is 250 g/mol. The number of nitrogens with zero attached hydrogens (tertiary/aromatic N) is 1. The van der Waals surface area contributed by atoms with Crippen LogP contribution in [0.3, 0.4) is 0 Å². The van der Waals surface area contributed by atoms with Gasteiger partial charge in [-0.25, -0.2) is 0 Å². The Kier molecular flexibility index (Phi) is 5.16. The summed E-state index contributed by atoms with van der Waals surface area (Å²) in [5.41, 5.74) is 1.93. The number of benzene rings is 1. The molecule has 100 valence electrons. The summed E-state index contributed by atoms with van der Waals surface area (Å²) in [7, 11) is 5.42. The second kappa shape index (κ2) is 6.40. The molecule has 0 bridgehead atoms. The van der Waals surface area contributed by atoms with Gasteiger partial charge in [0.05, 0.1) is 19.2 Å². The Labute approximate surface area is 109 Å². The van der Waals surface area contributed by atoms with Crippen LogP contribution in [0.5, 0.6) is 0 Å². The first-order valence-electron chi connectivity index (χ1n) is 6.07. The van der Waals surface area contributed by atoms with E-state index in [4.69, 9.17) is 4.74 Å². The molecule has 0 radical (unpaired) electrons. The van der Waals surface area contributed by atoms with Crippen molar-refractivity contribution in [2.45, 2.75) is 25.9 Å². The molecule has 0 saturated carbocycles. The average Bonchev–Trinajstić information content (AvgIpc) is 2.37. The Bertz CT molecular complexity index is 405. The van der Waals surface area contributed by atoms with Crippen molar-refractivity contribution >= 4 is 11.7 Å². The normalized spacial score (nSPS) is 14.1. The third kappa shape index (κ3) is 3.47. The van der Waals surface area contributed by atoms with Crippen molar-refractivity contribution in [2.24, 2.45) is 0 Å². The Morgan fingerprint density at radius 2 is 1.89 bits per heavy atom. The quantitative estimate of drug-likeness (QED) is 0.643. The Morgan fingerprint density at radius 1 is 1.28 bits per heavy atom. The Balaban J connectivity index is 2.96. The van der Waals surface area contributed by atoms with E-state index in [0.29, 0.717) is 0 Å². The van der Waals surface area contributed by atoms with Gasteiger partial charge in [-0.2, -0.15) is 0 Å². The zero-order chi connectivity index (χ0) is 13.7. The van der Waals surface area contributed by atoms with Crippen molar-refractivity contribution in [1.29, 1.82) is 0 Å². The van der Waals surface area contributed by atoms with Crippen LogP contribution >= 0.6 is 0 Å². The summed E-state index contributed by atoms with van der Waals surface area (Å²) in [6, 6.07) is 7.82. The first-order valence-corrected chi connectivity index (χ1v) is 6.07. The number of carbonyl (C=O) groups is 1. The number of anilines is 1. The molecule has 2 unspecified atom stereocenters. The van der Waals surface area contributed by atoms with Gasteiger partial charge >= 0.3 is 5.97 Å². The largest absolute Gasteiger partial charge is 0.469 e. The van der Waals surface area contributed by atoms with Crippen LogP contribution in [0, 0.1) is 0 Å². The van der Waals surface area contributed by atoms with E-state index >= 15 is 0 Å². The molecule has 1 rings (SSSR count). The summed E-state index contributed by atoms with van der Waals surface area (Å²) >= 11 is 0. The van der Waals surface area contributed by atoms with Crippen molar-refractivity contribution in [3.8, 4) is 0 Å². The van der Waals surface area contributed by atoms with Crippen molar-refractivity contribution in [3.05, 3.63) is 29.8 Å². The maximum absolute atomic E-state index is 11.6. The molecule has 0 spiro atoms. The molecule has 1 aromatic carbocycles. The highest BCUT2D eigenvalue weighted by atomic mass is 16.5. The highest BCUT2D eigenvalue weighted by Gasteiger charge is 2.19. The van der Waals surface area contributed by atoms with E-state index in [9.17, 15) is 4.79 Å². The minimum Gasteiger partial charge on any atom is -0.469 e. The van der Waals surface area contributed by atoms with E-state index in [-0.39, 0.29) is 18.1 Å². The smallest absolute Gasteiger partial charge is 0.312 e. The fourth-order valence-corrected chi connectivity index (χ4v) is 1.66. The highest BCUT2D eigenvalue weighted by molar-refractivity contribution is 5.80. The fourth-order valence-electron chi connectivity index (χ4n) is 1.66. The van der Waals surface area contributed by atoms with Gasteiger partial charge in [-0.05, 0) is 39.6 Å². The molecule has 4 nitrogen and oxygen atoms in total. The SMILES string of the molecule is COC(=O)C(C)c1ccccc1NC(C)N(C)C. The van der Waals surface area contributed by atoms with Gasteiger partial charge in [0.2, 0.25) is 0 Å². The van der Waals surface area contributed by atoms with Gasteiger partial charge in [-0.15, -0.1) is 0 Å². The van der Waals surface area contributed by atoms with Gasteiger partial charge in [0.1, 0.15) is 0 Å². The van der Waals surface area contributed by atoms with Crippen molar-refractivity contribution < 1.29 is 9.53 Å². The zero-order valence-corrected chi connectivity index (χ0v) is 11.7. The van der Waals surface area contributed by atoms with Crippen LogP contribution in [0.2, 0.25) is 0 Å². The maximum Gasteiger partial charge on any atom is 0.312 e. The molecule has 1 aromatic rings. The van der Waals surface area contributed by atoms with Crippen molar-refractivity contribution in [1.82, 2.24) is 4.90 Å². The summed E-state index contributed by atoms with van der Waals surface area (Å²) in [6.07, 6.45) is 0.191. The Morgan fingerprint density at radius 3 is 2.44 bits per heavy atom. The molecule has 1 N–H and O–H groups in total. The first kappa shape index (κ1) is 14.5. The summed E-state index contributed by atoms with van der Waals surface area (Å²) in [5, 5.41) is 3.39. The second-order valence-electron chi connectivity index (χ2n) is 4.62. The third-order valence-electron chi connectivity index (χ3n) is 3.12. The van der Waals surface area contributed by atoms with Gasteiger partial charge < -0.3 is 10.1 Å². The van der Waals surface area contributed by atoms with E-state index < -0.39 is 0 Å². The number of carbonyl (C=O) groups excluding carboxylic acids is 1. The number of nitrogens with one attached hydrogen (secondary N) is 1. The number of hydrogen-bond donors (Lipinski definition) is 1. The van der Waals surface area contributed by atoms with Crippen molar-refractivity contribution in [2.75, 3.05) is 26.5 Å². The van der Waals surface area contributed by atoms with Gasteiger partial charge in [0, 0.05) is 5.69 Å². The third-order valence-corrected chi connectivity index (χ3v) is 3.12. The number of rotatable bonds is 5. The predicted molar refractivity (Wildman–Crippen MR) is 73.6 cm³/mol. The minimum atomic E-state index is -0.270. The van der Waals surface area contributed by atoms with E-state index in [1.54, 1.807) is 0 Å². The monoisotopic (exact) mass is 250 g/mol. The molecule has 0 aliphatic carbocycles. The second-order valence-corrected chi connectivity index (χ2v) is 4.62. The summed E-state index contributed by atoms with van der Waals surface area (Å²) in [6.45, 7) is 3.92. The molecule has 0 aromatic heterocycles. The lowest BCUT2D eigenvalue weighted by molar-refractivity contribution is -0.141. The van der Waals surface area contributed by atoms with Gasteiger partial charge in [0.15, 0.2) is 0 Å². The zero-order valence-electron chi connectivity index (χ0n) is 11.7. The molecule has 4 heteroatoms. The van der Waals surface area contributed by atoms with Gasteiger partial charge in [-0.3, -0.25) is 9.69 Å². The standard InChI is InChI=1S/C14H22N2O2/c1-10(14(17)18-5)12-8-6-7-9-13(12)15-11(2)16(3)4/h6-11,15H,1-5H3. The number of para-hydroxylation sites is 1. The summed E-state index contributed by atoms with van der Waals surface area (Å²) in [5.74, 6) is -0.491. The topological polar surface area (TPSA) is 41.6 Å². The molecule has 0 saturated heterocycles. The van der Waals surface area contributed by atoms with Crippen LogP contribution < -0.4 is 5.32 Å². The number of ether oxygens (including phenoxy) is 1. The lowest BCUT2D eigenvalue weighted by Gasteiger charge is -2.24. The van der Waals surface area contributed by atoms with E-state index in [1.807, 2.05) is 45.3 Å². The molecule has 0 aliphatic heterocycles. The molecule has 2 atom stereocenters. The van der Waals surface area contributed by atoms with Crippen LogP contribution in [0.1, 0.15) is 25.3 Å². The number of esters is 1. The molecular formula is C14H22N2O2. The maximum atomic E-state index is 11.6. The highest BCUT2D eigenvalue weighted by Crippen LogP contribution is 2.25. The first-order chi connectivity index (χ1) is 8.47. The molecule has 0 heterocycles. The lowest BCUT2D eigenvalue weighted by Crippen LogP contribution is -2.32. The summed E-state index contributed by atoms with van der Waals surface area (Å²) in [4.78, 5) is 13.7. The van der Waals surface area contributed by atoms with E-state index in [0.717, 1.165) is 11.3 Å². The van der Waals surface area contributed by atoms with E-state index in [2.05, 4.69) is 17.1 Å². The fraction of sp³-hybridized carbons (Fsp3) is 0.500. The molecular weight excluding hydrogens is 228 g/mol. The molecule has 0 amide bonds.